The van der Waals surface area contributed by atoms with E-state index in [0.29, 0.717) is 41.4 Å². The molecule has 0 N–H and O–H groups in total. The largest absolute Gasteiger partial charge is 1.00 e. The van der Waals surface area contributed by atoms with E-state index in [2.05, 4.69) is 176 Å². The van der Waals surface area contributed by atoms with Gasteiger partial charge in [-0.15, -0.1) is 0 Å². The van der Waals surface area contributed by atoms with Crippen molar-refractivity contribution in [1.82, 2.24) is 0 Å². The third-order valence-electron chi connectivity index (χ3n) is 11.5. The van der Waals surface area contributed by atoms with Crippen molar-refractivity contribution in [3.63, 3.8) is 0 Å². The molecule has 2 aliphatic carbocycles. The summed E-state index contributed by atoms with van der Waals surface area (Å²) in [6, 6.07) is 23.7. The van der Waals surface area contributed by atoms with Crippen LogP contribution in [-0.2, 0) is 20.4 Å². The predicted octanol–water partition coefficient (Wildman–Crippen LogP) is 2.45. The summed E-state index contributed by atoms with van der Waals surface area (Å²) < 4.78 is 0.0417. The van der Waals surface area contributed by atoms with Crippen molar-refractivity contribution in [2.75, 3.05) is 0 Å². The molecule has 50 heavy (non-hydrogen) atoms. The van der Waals surface area contributed by atoms with Crippen LogP contribution in [0.4, 0.5) is 0 Å². The quantitative estimate of drug-likeness (QED) is 0.219. The minimum Gasteiger partial charge on any atom is -1.00 e. The van der Waals surface area contributed by atoms with Crippen LogP contribution in [0.2, 0.25) is 3.34 Å². The SMILES string of the molecule is CC(C)c1cc(C(C)C)cc([Si](c2cc(C(C)C)cc(C(C)C)c2)(c2cc(C(C)C)cc(C(C)C)c2)[C]2([Ti+3])CCC3CC=CC=C32)c1.[Cl-].[Cl-].[Cl-]. The first-order valence-corrected chi connectivity index (χ1v) is 21.5. The van der Waals surface area contributed by atoms with E-state index in [-0.39, 0.29) is 40.6 Å². The average Bonchev–Trinajstić information content (AvgIpc) is 3.38. The molecular formula is C45H61Cl3SiTi. The third kappa shape index (κ3) is 8.35. The van der Waals surface area contributed by atoms with Crippen molar-refractivity contribution >= 4 is 23.6 Å². The van der Waals surface area contributed by atoms with E-state index in [1.807, 2.05) is 0 Å². The fourth-order valence-corrected chi connectivity index (χ4v) is 17.0. The Kier molecular flexibility index (Phi) is 16.1. The second-order valence-corrected chi connectivity index (χ2v) is 23.0. The molecule has 1 fully saturated rings. The van der Waals surface area contributed by atoms with Gasteiger partial charge in [0.05, 0.1) is 0 Å². The van der Waals surface area contributed by atoms with E-state index < -0.39 is 8.07 Å². The Hall–Kier alpha value is -1.06. The summed E-state index contributed by atoms with van der Waals surface area (Å²) >= 11 is 2.72. The van der Waals surface area contributed by atoms with Gasteiger partial charge in [-0.3, -0.25) is 0 Å². The summed E-state index contributed by atoms with van der Waals surface area (Å²) in [7, 11) is -2.79. The van der Waals surface area contributed by atoms with Crippen LogP contribution in [0.15, 0.2) is 78.4 Å². The number of fused-ring (bicyclic) bond motifs is 1. The summed E-state index contributed by atoms with van der Waals surface area (Å²) in [6.45, 7) is 28.7. The van der Waals surface area contributed by atoms with Crippen molar-refractivity contribution in [1.29, 1.82) is 0 Å². The van der Waals surface area contributed by atoms with Gasteiger partial charge in [0, 0.05) is 0 Å². The molecule has 0 aliphatic heterocycles. The molecule has 0 heterocycles. The minimum atomic E-state index is -2.79. The van der Waals surface area contributed by atoms with Gasteiger partial charge in [0.15, 0.2) is 0 Å². The summed E-state index contributed by atoms with van der Waals surface area (Å²) in [5.41, 5.74) is 10.7. The van der Waals surface area contributed by atoms with Gasteiger partial charge in [-0.25, -0.2) is 0 Å². The number of rotatable bonds is 10. The maximum atomic E-state index is 2.72. The van der Waals surface area contributed by atoms with Crippen LogP contribution in [0.3, 0.4) is 0 Å². The summed E-state index contributed by atoms with van der Waals surface area (Å²) in [6.07, 6.45) is 11.1. The van der Waals surface area contributed by atoms with E-state index in [0.717, 1.165) is 0 Å². The van der Waals surface area contributed by atoms with Crippen LogP contribution >= 0.6 is 0 Å². The minimum absolute atomic E-state index is 0. The van der Waals surface area contributed by atoms with Crippen LogP contribution in [0.25, 0.3) is 0 Å². The molecule has 0 bridgehead atoms. The van der Waals surface area contributed by atoms with Crippen LogP contribution in [0.5, 0.6) is 0 Å². The Labute approximate surface area is 337 Å². The first kappa shape index (κ1) is 45.1. The molecule has 1 saturated carbocycles. The summed E-state index contributed by atoms with van der Waals surface area (Å²) in [5.74, 6) is 3.49. The third-order valence-corrected chi connectivity index (χ3v) is 19.4. The molecule has 270 valence electrons. The van der Waals surface area contributed by atoms with Crippen molar-refractivity contribution in [3.05, 3.63) is 112 Å². The van der Waals surface area contributed by atoms with Crippen LogP contribution < -0.4 is 52.8 Å². The topological polar surface area (TPSA) is 0 Å². The zero-order valence-corrected chi connectivity index (χ0v) is 37.6. The van der Waals surface area contributed by atoms with E-state index in [1.165, 1.54) is 52.6 Å². The Morgan fingerprint density at radius 3 is 1.10 bits per heavy atom. The fourth-order valence-electron chi connectivity index (χ4n) is 8.30. The summed E-state index contributed by atoms with van der Waals surface area (Å²) in [5, 5.41) is 4.87. The van der Waals surface area contributed by atoms with Gasteiger partial charge in [0.25, 0.3) is 0 Å². The summed E-state index contributed by atoms with van der Waals surface area (Å²) in [4.78, 5) is 0. The maximum absolute atomic E-state index is 2.79. The Morgan fingerprint density at radius 2 is 0.820 bits per heavy atom. The number of hydrogen-bond acceptors (Lipinski definition) is 0. The molecule has 2 atom stereocenters. The molecule has 0 saturated heterocycles. The number of benzene rings is 3. The van der Waals surface area contributed by atoms with Gasteiger partial charge < -0.3 is 37.2 Å². The molecule has 3 aromatic rings. The van der Waals surface area contributed by atoms with E-state index in [4.69, 9.17) is 0 Å². The normalized spacial score (nSPS) is 18.8. The van der Waals surface area contributed by atoms with Gasteiger partial charge in [-0.05, 0) is 0 Å². The van der Waals surface area contributed by atoms with Gasteiger partial charge in [0.2, 0.25) is 0 Å². The average molecular weight is 784 g/mol. The predicted molar refractivity (Wildman–Crippen MR) is 206 cm³/mol. The van der Waals surface area contributed by atoms with Crippen LogP contribution in [-0.4, -0.2) is 8.07 Å². The monoisotopic (exact) mass is 782 g/mol. The second-order valence-electron chi connectivity index (χ2n) is 16.8. The molecular weight excluding hydrogens is 723 g/mol. The molecule has 5 rings (SSSR count). The molecule has 0 radical (unpaired) electrons. The van der Waals surface area contributed by atoms with Crippen molar-refractivity contribution in [2.45, 2.75) is 141 Å². The van der Waals surface area contributed by atoms with E-state index >= 15 is 0 Å². The Morgan fingerprint density at radius 1 is 0.520 bits per heavy atom. The maximum Gasteiger partial charge on any atom is -1.00 e. The van der Waals surface area contributed by atoms with Crippen molar-refractivity contribution < 1.29 is 57.7 Å². The molecule has 5 heteroatoms. The molecule has 2 aliphatic rings. The first-order valence-electron chi connectivity index (χ1n) is 18.7. The number of halogens is 3. The number of hydrogen-bond donors (Lipinski definition) is 0. The van der Waals surface area contributed by atoms with Gasteiger partial charge in [-0.1, -0.05) is 0 Å². The molecule has 2 unspecified atom stereocenters. The van der Waals surface area contributed by atoms with Crippen molar-refractivity contribution in [2.24, 2.45) is 5.92 Å². The van der Waals surface area contributed by atoms with Crippen molar-refractivity contribution in [3.8, 4) is 0 Å². The standard InChI is InChI=1S/C45H61Si.3ClH.Ti/c1-28(2)35-19-36(29(3)4)23-41(22-35)46(45-18-17-34-15-13-14-16-44(34)45,42-24-37(30(5)6)20-38(25-42)31(7)8)43-26-39(32(9)10)21-40(27-43)33(11)12;;;;/h13-14,16,19-34H,15,17-18H2,1-12H3;3*1H;/q;;;;+3/p-3. The second kappa shape index (κ2) is 17.8. The number of allylic oxidation sites excluding steroid dienone is 4. The van der Waals surface area contributed by atoms with Crippen LogP contribution in [0.1, 0.15) is 171 Å². The molecule has 0 nitrogen and oxygen atoms in total. The van der Waals surface area contributed by atoms with Gasteiger partial charge in [0.1, 0.15) is 0 Å². The first-order chi connectivity index (χ1) is 22.1. The smallest absolute Gasteiger partial charge is 1.00 e. The molecule has 0 amide bonds. The Balaban J connectivity index is 0.00000289. The van der Waals surface area contributed by atoms with Crippen LogP contribution in [0, 0.1) is 5.92 Å². The molecule has 3 aromatic carbocycles. The molecule has 0 spiro atoms. The van der Waals surface area contributed by atoms with Gasteiger partial charge in [-0.2, -0.15) is 0 Å². The van der Waals surface area contributed by atoms with E-state index in [9.17, 15) is 0 Å². The van der Waals surface area contributed by atoms with Gasteiger partial charge >= 0.3 is 303 Å². The van der Waals surface area contributed by atoms with E-state index in [1.54, 1.807) is 21.1 Å². The molecule has 0 aromatic heterocycles. The Bertz CT molecular complexity index is 1430. The fraction of sp³-hybridized carbons (Fsp3) is 0.511. The zero-order chi connectivity index (χ0) is 34.4. The zero-order valence-electron chi connectivity index (χ0n) is 32.7.